The summed E-state index contributed by atoms with van der Waals surface area (Å²) in [6.07, 6.45) is 5.01. The molecule has 1 fully saturated rings. The van der Waals surface area contributed by atoms with Gasteiger partial charge in [-0.05, 0) is 33.6 Å². The van der Waals surface area contributed by atoms with Gasteiger partial charge in [-0.3, -0.25) is 4.79 Å². The van der Waals surface area contributed by atoms with Gasteiger partial charge in [-0.25, -0.2) is 15.2 Å². The maximum atomic E-state index is 12.2. The summed E-state index contributed by atoms with van der Waals surface area (Å²) >= 11 is 1.49. The van der Waals surface area contributed by atoms with Gasteiger partial charge in [0.25, 0.3) is 0 Å². The molecule has 1 aromatic rings. The predicted octanol–water partition coefficient (Wildman–Crippen LogP) is 2.69. The Bertz CT molecular complexity index is 689. The number of amides is 2. The van der Waals surface area contributed by atoms with Crippen LogP contribution in [0.25, 0.3) is 0 Å². The Morgan fingerprint density at radius 1 is 1.40 bits per heavy atom. The van der Waals surface area contributed by atoms with Crippen LogP contribution in [-0.4, -0.2) is 40.2 Å². The second-order valence-corrected chi connectivity index (χ2v) is 8.55. The van der Waals surface area contributed by atoms with E-state index in [0.717, 1.165) is 34.8 Å². The highest BCUT2D eigenvalue weighted by Gasteiger charge is 2.28. The normalized spacial score (nSPS) is 18.0. The van der Waals surface area contributed by atoms with Gasteiger partial charge in [-0.15, -0.1) is 11.3 Å². The lowest BCUT2D eigenvalue weighted by molar-refractivity contribution is -0.127. The predicted molar refractivity (Wildman–Crippen MR) is 95.5 cm³/mol. The molecular formula is C17H24N4O3S. The number of aromatic nitrogens is 1. The van der Waals surface area contributed by atoms with E-state index in [2.05, 4.69) is 15.5 Å². The second-order valence-electron chi connectivity index (χ2n) is 7.44. The minimum atomic E-state index is -0.498. The van der Waals surface area contributed by atoms with Crippen molar-refractivity contribution < 1.29 is 14.3 Å². The van der Waals surface area contributed by atoms with Crippen LogP contribution >= 0.6 is 11.3 Å². The molecule has 1 aromatic heterocycles. The maximum absolute atomic E-state index is 12.2. The molecule has 1 saturated carbocycles. The highest BCUT2D eigenvalue weighted by molar-refractivity contribution is 7.13. The second kappa shape index (κ2) is 7.11. The summed E-state index contributed by atoms with van der Waals surface area (Å²) in [7, 11) is 0. The van der Waals surface area contributed by atoms with Crippen LogP contribution in [-0.2, 0) is 22.5 Å². The van der Waals surface area contributed by atoms with Crippen molar-refractivity contribution in [2.45, 2.75) is 58.6 Å². The number of nitrogens with zero attached hydrogens (tertiary/aromatic N) is 3. The van der Waals surface area contributed by atoms with Crippen molar-refractivity contribution in [3.63, 3.8) is 0 Å². The van der Waals surface area contributed by atoms with Crippen LogP contribution in [0, 0.1) is 5.92 Å². The third-order valence-electron chi connectivity index (χ3n) is 4.23. The Hall–Kier alpha value is -1.96. The molecule has 1 N–H and O–H groups in total. The van der Waals surface area contributed by atoms with Crippen LogP contribution in [0.15, 0.2) is 5.10 Å². The fraction of sp³-hybridized carbons (Fsp3) is 0.647. The van der Waals surface area contributed by atoms with E-state index in [4.69, 9.17) is 4.74 Å². The zero-order valence-corrected chi connectivity index (χ0v) is 15.7. The first kappa shape index (κ1) is 17.8. The molecule has 2 aliphatic rings. The van der Waals surface area contributed by atoms with Crippen molar-refractivity contribution in [1.29, 1.82) is 0 Å². The third-order valence-corrected chi connectivity index (χ3v) is 5.24. The van der Waals surface area contributed by atoms with Crippen LogP contribution in [0.1, 0.15) is 55.6 Å². The van der Waals surface area contributed by atoms with Gasteiger partial charge in [0.05, 0.1) is 18.5 Å². The van der Waals surface area contributed by atoms with Crippen molar-refractivity contribution in [3.8, 4) is 0 Å². The van der Waals surface area contributed by atoms with E-state index in [1.807, 2.05) is 20.8 Å². The number of fused-ring (bicyclic) bond motifs is 1. The van der Waals surface area contributed by atoms with Gasteiger partial charge in [-0.1, -0.05) is 6.42 Å². The summed E-state index contributed by atoms with van der Waals surface area (Å²) in [5.41, 5.74) is 3.08. The molecule has 0 aromatic carbocycles. The average Bonchev–Trinajstić information content (AvgIpc) is 2.85. The summed E-state index contributed by atoms with van der Waals surface area (Å²) in [6, 6.07) is 0. The Morgan fingerprint density at radius 2 is 2.16 bits per heavy atom. The minimum absolute atomic E-state index is 0.0140. The van der Waals surface area contributed by atoms with Crippen molar-refractivity contribution in [3.05, 3.63) is 15.6 Å². The van der Waals surface area contributed by atoms with Crippen molar-refractivity contribution in [1.82, 2.24) is 15.3 Å². The Balaban J connectivity index is 1.57. The molecule has 25 heavy (non-hydrogen) atoms. The number of rotatable bonds is 3. The molecular weight excluding hydrogens is 340 g/mol. The monoisotopic (exact) mass is 364 g/mol. The molecule has 0 radical (unpaired) electrons. The molecule has 7 nitrogen and oxygen atoms in total. The molecule has 2 heterocycles. The Morgan fingerprint density at radius 3 is 2.80 bits per heavy atom. The van der Waals surface area contributed by atoms with Crippen molar-refractivity contribution in [2.24, 2.45) is 11.0 Å². The first-order valence-electron chi connectivity index (χ1n) is 8.61. The van der Waals surface area contributed by atoms with Crippen LogP contribution in [0.3, 0.4) is 0 Å². The number of carbonyl (C=O) groups excluding carboxylic acids is 2. The number of ether oxygens (including phenoxy) is 1. The fourth-order valence-electron chi connectivity index (χ4n) is 2.67. The average molecular weight is 364 g/mol. The summed E-state index contributed by atoms with van der Waals surface area (Å²) in [5, 5.41) is 4.75. The molecule has 8 heteroatoms. The lowest BCUT2D eigenvalue weighted by atomic mass is 9.85. The molecule has 136 valence electrons. The molecule has 2 amide bonds. The van der Waals surface area contributed by atoms with Gasteiger partial charge in [0.1, 0.15) is 10.6 Å². The van der Waals surface area contributed by atoms with Crippen LogP contribution in [0.4, 0.5) is 4.79 Å². The highest BCUT2D eigenvalue weighted by Crippen LogP contribution is 2.27. The van der Waals surface area contributed by atoms with E-state index < -0.39 is 5.60 Å². The zero-order valence-electron chi connectivity index (χ0n) is 14.9. The standard InChI is InChI=1S/C17H24N4O3S/c1-17(2,3)24-16(23)21-8-7-12-13(10-21)25-14(19-12)9-18-20-15(22)11-5-4-6-11/h9,11H,4-8,10H2,1-3H3,(H,20,22)/b18-9+. The van der Waals surface area contributed by atoms with E-state index in [9.17, 15) is 9.59 Å². The largest absolute Gasteiger partial charge is 0.444 e. The third kappa shape index (κ3) is 4.56. The van der Waals surface area contributed by atoms with Crippen molar-refractivity contribution in [2.75, 3.05) is 6.54 Å². The lowest BCUT2D eigenvalue weighted by Gasteiger charge is -2.29. The first-order chi connectivity index (χ1) is 11.8. The van der Waals surface area contributed by atoms with Gasteiger partial charge >= 0.3 is 6.09 Å². The van der Waals surface area contributed by atoms with E-state index in [0.29, 0.717) is 19.5 Å². The van der Waals surface area contributed by atoms with Crippen LogP contribution in [0.2, 0.25) is 0 Å². The fourth-order valence-corrected chi connectivity index (χ4v) is 3.67. The number of thiazole rings is 1. The maximum Gasteiger partial charge on any atom is 0.410 e. The van der Waals surface area contributed by atoms with E-state index >= 15 is 0 Å². The topological polar surface area (TPSA) is 83.9 Å². The minimum Gasteiger partial charge on any atom is -0.444 e. The molecule has 3 rings (SSSR count). The molecule has 0 unspecified atom stereocenters. The molecule has 0 atom stereocenters. The number of carbonyl (C=O) groups is 2. The van der Waals surface area contributed by atoms with Gasteiger partial charge < -0.3 is 9.64 Å². The summed E-state index contributed by atoms with van der Waals surface area (Å²) < 4.78 is 5.43. The molecule has 0 bridgehead atoms. The highest BCUT2D eigenvalue weighted by atomic mass is 32.1. The van der Waals surface area contributed by atoms with Crippen LogP contribution < -0.4 is 5.43 Å². The van der Waals surface area contributed by atoms with Crippen molar-refractivity contribution >= 4 is 29.6 Å². The molecule has 1 aliphatic heterocycles. The van der Waals surface area contributed by atoms with E-state index in [-0.39, 0.29) is 17.9 Å². The number of hydrazone groups is 1. The lowest BCUT2D eigenvalue weighted by Crippen LogP contribution is -2.39. The summed E-state index contributed by atoms with van der Waals surface area (Å²) in [4.78, 5) is 31.2. The van der Waals surface area contributed by atoms with E-state index in [1.165, 1.54) is 11.3 Å². The van der Waals surface area contributed by atoms with E-state index in [1.54, 1.807) is 11.1 Å². The Labute approximate surface area is 151 Å². The summed E-state index contributed by atoms with van der Waals surface area (Å²) in [6.45, 7) is 6.68. The van der Waals surface area contributed by atoms with Gasteiger partial charge in [0.15, 0.2) is 0 Å². The SMILES string of the molecule is CC(C)(C)OC(=O)N1CCc2nc(/C=N/NC(=O)C3CCC3)sc2C1. The summed E-state index contributed by atoms with van der Waals surface area (Å²) in [5.74, 6) is 0.101. The number of hydrogen-bond acceptors (Lipinski definition) is 6. The van der Waals surface area contributed by atoms with Gasteiger partial charge in [-0.2, -0.15) is 5.10 Å². The van der Waals surface area contributed by atoms with Crippen LogP contribution in [0.5, 0.6) is 0 Å². The smallest absolute Gasteiger partial charge is 0.410 e. The number of nitrogens with one attached hydrogen (secondary N) is 1. The molecule has 0 saturated heterocycles. The quantitative estimate of drug-likeness (QED) is 0.660. The molecule has 1 aliphatic carbocycles. The Kier molecular flexibility index (Phi) is 5.08. The first-order valence-corrected chi connectivity index (χ1v) is 9.43. The number of hydrogen-bond donors (Lipinski definition) is 1. The zero-order chi connectivity index (χ0) is 18.0. The van der Waals surface area contributed by atoms with Gasteiger partial charge in [0, 0.05) is 23.8 Å². The molecule has 0 spiro atoms. The van der Waals surface area contributed by atoms with Gasteiger partial charge in [0.2, 0.25) is 5.91 Å².